The number of nitrogens with zero attached hydrogens (tertiary/aromatic N) is 1. The highest BCUT2D eigenvalue weighted by Gasteiger charge is 2.53. The standard InChI is InChI=1S/C12H21NO2/c1-9(2)12(11(14)15-3)8-10-4-6-13(12)7-5-10/h9-10H,4-8H2,1-3H3. The number of hydrogen-bond donors (Lipinski definition) is 0. The fraction of sp³-hybridized carbons (Fsp3) is 0.917. The second kappa shape index (κ2) is 3.78. The van der Waals surface area contributed by atoms with Crippen LogP contribution in [0.5, 0.6) is 0 Å². The van der Waals surface area contributed by atoms with Crippen LogP contribution in [0.4, 0.5) is 0 Å². The largest absolute Gasteiger partial charge is 0.468 e. The third-order valence-electron chi connectivity index (χ3n) is 4.27. The number of hydrogen-bond acceptors (Lipinski definition) is 3. The number of ether oxygens (including phenoxy) is 1. The molecule has 3 saturated heterocycles. The van der Waals surface area contributed by atoms with Crippen LogP contribution in [0.1, 0.15) is 33.1 Å². The van der Waals surface area contributed by atoms with Crippen molar-refractivity contribution in [2.24, 2.45) is 11.8 Å². The first kappa shape index (κ1) is 10.9. The van der Waals surface area contributed by atoms with Gasteiger partial charge in [-0.05, 0) is 44.2 Å². The van der Waals surface area contributed by atoms with Crippen LogP contribution >= 0.6 is 0 Å². The van der Waals surface area contributed by atoms with Crippen molar-refractivity contribution in [2.45, 2.75) is 38.6 Å². The van der Waals surface area contributed by atoms with E-state index in [1.807, 2.05) is 0 Å². The van der Waals surface area contributed by atoms with E-state index < -0.39 is 0 Å². The van der Waals surface area contributed by atoms with E-state index in [0.717, 1.165) is 25.4 Å². The molecule has 0 radical (unpaired) electrons. The van der Waals surface area contributed by atoms with Crippen molar-refractivity contribution in [3.05, 3.63) is 0 Å². The molecule has 1 atom stereocenters. The van der Waals surface area contributed by atoms with Crippen LogP contribution in [-0.2, 0) is 9.53 Å². The summed E-state index contributed by atoms with van der Waals surface area (Å²) < 4.78 is 5.03. The van der Waals surface area contributed by atoms with Crippen molar-refractivity contribution in [1.29, 1.82) is 0 Å². The first-order chi connectivity index (χ1) is 7.11. The van der Waals surface area contributed by atoms with Gasteiger partial charge in [0, 0.05) is 0 Å². The lowest BCUT2D eigenvalue weighted by molar-refractivity contribution is -0.169. The molecule has 0 aromatic rings. The molecule has 0 aromatic heterocycles. The molecule has 0 N–H and O–H groups in total. The van der Waals surface area contributed by atoms with E-state index in [0.29, 0.717) is 5.92 Å². The zero-order valence-electron chi connectivity index (χ0n) is 9.95. The molecule has 15 heavy (non-hydrogen) atoms. The summed E-state index contributed by atoms with van der Waals surface area (Å²) in [5.74, 6) is 1.05. The van der Waals surface area contributed by atoms with Crippen LogP contribution in [0, 0.1) is 11.8 Å². The van der Waals surface area contributed by atoms with E-state index in [1.54, 1.807) is 0 Å². The van der Waals surface area contributed by atoms with Crippen LogP contribution in [0.15, 0.2) is 0 Å². The number of methoxy groups -OCH3 is 1. The van der Waals surface area contributed by atoms with Gasteiger partial charge in [0.25, 0.3) is 0 Å². The predicted octanol–water partition coefficient (Wildman–Crippen LogP) is 1.67. The summed E-state index contributed by atoms with van der Waals surface area (Å²) in [6, 6.07) is 0. The molecular weight excluding hydrogens is 190 g/mol. The lowest BCUT2D eigenvalue weighted by Gasteiger charge is -2.54. The molecule has 1 unspecified atom stereocenters. The average Bonchev–Trinajstić information content (AvgIpc) is 2.28. The number of piperidine rings is 3. The van der Waals surface area contributed by atoms with E-state index >= 15 is 0 Å². The molecule has 0 aliphatic carbocycles. The minimum absolute atomic E-state index is 0.0260. The Labute approximate surface area is 91.8 Å². The Balaban J connectivity index is 2.30. The maximum atomic E-state index is 12.1. The van der Waals surface area contributed by atoms with Crippen molar-refractivity contribution in [2.75, 3.05) is 20.2 Å². The zero-order chi connectivity index (χ0) is 11.1. The highest BCUT2D eigenvalue weighted by Crippen LogP contribution is 2.43. The van der Waals surface area contributed by atoms with E-state index in [-0.39, 0.29) is 11.5 Å². The molecule has 0 saturated carbocycles. The van der Waals surface area contributed by atoms with Gasteiger partial charge in [-0.2, -0.15) is 0 Å². The Morgan fingerprint density at radius 3 is 2.33 bits per heavy atom. The summed E-state index contributed by atoms with van der Waals surface area (Å²) in [7, 11) is 1.51. The average molecular weight is 211 g/mol. The van der Waals surface area contributed by atoms with Gasteiger partial charge in [0.15, 0.2) is 0 Å². The first-order valence-electron chi connectivity index (χ1n) is 5.94. The van der Waals surface area contributed by atoms with Crippen LogP contribution < -0.4 is 0 Å². The summed E-state index contributed by atoms with van der Waals surface area (Å²) in [6.45, 7) is 6.41. The fourth-order valence-corrected chi connectivity index (χ4v) is 3.33. The van der Waals surface area contributed by atoms with Crippen molar-refractivity contribution in [3.63, 3.8) is 0 Å². The van der Waals surface area contributed by atoms with Gasteiger partial charge in [-0.1, -0.05) is 13.8 Å². The van der Waals surface area contributed by atoms with Gasteiger partial charge in [0.05, 0.1) is 7.11 Å². The summed E-state index contributed by atoms with van der Waals surface area (Å²) in [6.07, 6.45) is 3.51. The molecule has 3 rings (SSSR count). The van der Waals surface area contributed by atoms with E-state index in [1.165, 1.54) is 20.0 Å². The summed E-state index contributed by atoms with van der Waals surface area (Å²) in [4.78, 5) is 14.4. The van der Waals surface area contributed by atoms with Gasteiger partial charge in [0.1, 0.15) is 5.54 Å². The van der Waals surface area contributed by atoms with E-state index in [9.17, 15) is 4.79 Å². The van der Waals surface area contributed by atoms with Gasteiger partial charge in [-0.15, -0.1) is 0 Å². The second-order valence-electron chi connectivity index (χ2n) is 5.21. The van der Waals surface area contributed by atoms with Crippen molar-refractivity contribution >= 4 is 5.97 Å². The fourth-order valence-electron chi connectivity index (χ4n) is 3.33. The number of fused-ring (bicyclic) bond motifs is 3. The van der Waals surface area contributed by atoms with Gasteiger partial charge in [-0.3, -0.25) is 9.69 Å². The molecule has 3 aliphatic heterocycles. The zero-order valence-corrected chi connectivity index (χ0v) is 9.95. The molecule has 3 nitrogen and oxygen atoms in total. The number of carbonyl (C=O) groups is 1. The summed E-state index contributed by atoms with van der Waals surface area (Å²) >= 11 is 0. The summed E-state index contributed by atoms with van der Waals surface area (Å²) in [5, 5.41) is 0. The SMILES string of the molecule is COC(=O)C1(C(C)C)CC2CCN1CC2. The molecule has 0 aromatic carbocycles. The van der Waals surface area contributed by atoms with Gasteiger partial charge in [-0.25, -0.2) is 0 Å². The summed E-state index contributed by atoms with van der Waals surface area (Å²) in [5.41, 5.74) is -0.323. The molecule has 3 fully saturated rings. The Morgan fingerprint density at radius 1 is 1.40 bits per heavy atom. The molecule has 3 aliphatic rings. The minimum atomic E-state index is -0.323. The smallest absolute Gasteiger partial charge is 0.326 e. The lowest BCUT2D eigenvalue weighted by atomic mass is 9.69. The highest BCUT2D eigenvalue weighted by atomic mass is 16.5. The Kier molecular flexibility index (Phi) is 2.75. The van der Waals surface area contributed by atoms with E-state index in [2.05, 4.69) is 18.7 Å². The number of carbonyl (C=O) groups excluding carboxylic acids is 1. The molecule has 0 spiro atoms. The van der Waals surface area contributed by atoms with Gasteiger partial charge >= 0.3 is 5.97 Å². The second-order valence-corrected chi connectivity index (χ2v) is 5.21. The third kappa shape index (κ3) is 1.48. The normalized spacial score (nSPS) is 39.5. The number of rotatable bonds is 2. The molecule has 3 heterocycles. The topological polar surface area (TPSA) is 29.5 Å². The van der Waals surface area contributed by atoms with Gasteiger partial charge in [0.2, 0.25) is 0 Å². The predicted molar refractivity (Wildman–Crippen MR) is 58.5 cm³/mol. The van der Waals surface area contributed by atoms with Crippen LogP contribution in [-0.4, -0.2) is 36.6 Å². The third-order valence-corrected chi connectivity index (χ3v) is 4.27. The quantitative estimate of drug-likeness (QED) is 0.651. The molecule has 86 valence electrons. The first-order valence-corrected chi connectivity index (χ1v) is 5.94. The van der Waals surface area contributed by atoms with Gasteiger partial charge < -0.3 is 4.74 Å². The maximum absolute atomic E-state index is 12.1. The highest BCUT2D eigenvalue weighted by molar-refractivity contribution is 5.81. The van der Waals surface area contributed by atoms with Crippen molar-refractivity contribution in [3.8, 4) is 0 Å². The molecule has 2 bridgehead atoms. The maximum Gasteiger partial charge on any atom is 0.326 e. The Bertz CT molecular complexity index is 256. The monoisotopic (exact) mass is 211 g/mol. The van der Waals surface area contributed by atoms with Crippen molar-refractivity contribution in [1.82, 2.24) is 4.90 Å². The molecule has 3 heteroatoms. The van der Waals surface area contributed by atoms with E-state index in [4.69, 9.17) is 4.74 Å². The van der Waals surface area contributed by atoms with Crippen LogP contribution in [0.3, 0.4) is 0 Å². The van der Waals surface area contributed by atoms with Crippen molar-refractivity contribution < 1.29 is 9.53 Å². The lowest BCUT2D eigenvalue weighted by Crippen LogP contribution is -2.65. The van der Waals surface area contributed by atoms with Crippen LogP contribution in [0.2, 0.25) is 0 Å². The Morgan fingerprint density at radius 2 is 2.00 bits per heavy atom. The number of esters is 1. The molecular formula is C12H21NO2. The Hall–Kier alpha value is -0.570. The molecule has 0 amide bonds. The minimum Gasteiger partial charge on any atom is -0.468 e. The van der Waals surface area contributed by atoms with Crippen LogP contribution in [0.25, 0.3) is 0 Å².